The summed E-state index contributed by atoms with van der Waals surface area (Å²) in [5.74, 6) is 0. The lowest BCUT2D eigenvalue weighted by Crippen LogP contribution is -2.12. The molecule has 8 heteroatoms. The number of amides is 1. The van der Waals surface area contributed by atoms with E-state index in [1.807, 2.05) is 37.3 Å². The van der Waals surface area contributed by atoms with Gasteiger partial charge in [-0.25, -0.2) is 9.78 Å². The van der Waals surface area contributed by atoms with E-state index in [4.69, 9.17) is 28.0 Å². The summed E-state index contributed by atoms with van der Waals surface area (Å²) in [4.78, 5) is 22.3. The standard InChI is InChI=1S/C19H15Cl2N3O2S/c1-11-17(27-18(22-11)13-6-4-3-5-7-13)12(2)24-26-19(25)23-16-9-8-14(20)10-15(16)21/h3-10H,1-2H3,(H,23,25). The van der Waals surface area contributed by atoms with Gasteiger partial charge >= 0.3 is 6.09 Å². The van der Waals surface area contributed by atoms with Crippen LogP contribution in [-0.4, -0.2) is 16.8 Å². The van der Waals surface area contributed by atoms with Crippen LogP contribution in [0.3, 0.4) is 0 Å². The van der Waals surface area contributed by atoms with E-state index in [0.717, 1.165) is 21.1 Å². The Morgan fingerprint density at radius 1 is 1.19 bits per heavy atom. The highest BCUT2D eigenvalue weighted by Gasteiger charge is 2.13. The lowest BCUT2D eigenvalue weighted by atomic mass is 10.2. The Bertz CT molecular complexity index is 1000. The van der Waals surface area contributed by atoms with E-state index < -0.39 is 6.09 Å². The van der Waals surface area contributed by atoms with Crippen LogP contribution in [0.25, 0.3) is 10.6 Å². The summed E-state index contributed by atoms with van der Waals surface area (Å²) in [6.45, 7) is 3.66. The maximum atomic E-state index is 12.0. The largest absolute Gasteiger partial charge is 0.437 e. The first-order valence-corrected chi connectivity index (χ1v) is 9.52. The quantitative estimate of drug-likeness (QED) is 0.302. The first-order chi connectivity index (χ1) is 12.9. The number of carbonyl (C=O) groups excluding carboxylic acids is 1. The Labute approximate surface area is 170 Å². The van der Waals surface area contributed by atoms with Crippen molar-refractivity contribution in [1.29, 1.82) is 0 Å². The number of nitrogens with zero attached hydrogens (tertiary/aromatic N) is 2. The molecule has 0 unspecified atom stereocenters. The molecular weight excluding hydrogens is 405 g/mol. The smallest absolute Gasteiger partial charge is 0.297 e. The van der Waals surface area contributed by atoms with Crippen LogP contribution in [-0.2, 0) is 4.84 Å². The van der Waals surface area contributed by atoms with E-state index in [1.165, 1.54) is 17.4 Å². The highest BCUT2D eigenvalue weighted by Crippen LogP contribution is 2.28. The predicted molar refractivity (Wildman–Crippen MR) is 111 cm³/mol. The van der Waals surface area contributed by atoms with Gasteiger partial charge in [0.2, 0.25) is 0 Å². The highest BCUT2D eigenvalue weighted by atomic mass is 35.5. The van der Waals surface area contributed by atoms with E-state index in [-0.39, 0.29) is 0 Å². The van der Waals surface area contributed by atoms with E-state index in [1.54, 1.807) is 19.1 Å². The van der Waals surface area contributed by atoms with Gasteiger partial charge in [-0.1, -0.05) is 58.7 Å². The van der Waals surface area contributed by atoms with Gasteiger partial charge in [-0.2, -0.15) is 0 Å². The van der Waals surface area contributed by atoms with Gasteiger partial charge < -0.3 is 0 Å². The van der Waals surface area contributed by atoms with Gasteiger partial charge in [-0.05, 0) is 32.0 Å². The number of hydrogen-bond acceptors (Lipinski definition) is 5. The van der Waals surface area contributed by atoms with E-state index in [2.05, 4.69) is 15.5 Å². The Balaban J connectivity index is 1.70. The Morgan fingerprint density at radius 2 is 1.93 bits per heavy atom. The average Bonchev–Trinajstić information content (AvgIpc) is 3.05. The molecule has 3 aromatic rings. The van der Waals surface area contributed by atoms with Crippen LogP contribution < -0.4 is 5.32 Å². The van der Waals surface area contributed by atoms with Crippen LogP contribution in [0.5, 0.6) is 0 Å². The molecule has 0 fully saturated rings. The molecule has 3 rings (SSSR count). The molecule has 0 radical (unpaired) electrons. The molecule has 1 aromatic heterocycles. The number of halogens is 2. The molecule has 0 atom stereocenters. The number of nitrogens with one attached hydrogen (secondary N) is 1. The van der Waals surface area contributed by atoms with Gasteiger partial charge in [-0.3, -0.25) is 10.2 Å². The van der Waals surface area contributed by atoms with Crippen molar-refractivity contribution in [3.05, 3.63) is 69.1 Å². The van der Waals surface area contributed by atoms with Crippen LogP contribution in [0, 0.1) is 6.92 Å². The Kier molecular flexibility index (Phi) is 6.11. The molecule has 138 valence electrons. The second-order valence-corrected chi connectivity index (χ2v) is 7.45. The fourth-order valence-corrected chi connectivity index (χ4v) is 3.78. The summed E-state index contributed by atoms with van der Waals surface area (Å²) in [5.41, 5.74) is 2.80. The molecule has 0 aliphatic heterocycles. The summed E-state index contributed by atoms with van der Waals surface area (Å²) in [6, 6.07) is 14.6. The molecular formula is C19H15Cl2N3O2S. The lowest BCUT2D eigenvalue weighted by Gasteiger charge is -2.05. The molecule has 2 aromatic carbocycles. The summed E-state index contributed by atoms with van der Waals surface area (Å²) >= 11 is 13.3. The summed E-state index contributed by atoms with van der Waals surface area (Å²) in [5, 5.41) is 8.10. The Morgan fingerprint density at radius 3 is 2.63 bits per heavy atom. The maximum Gasteiger partial charge on any atom is 0.437 e. The lowest BCUT2D eigenvalue weighted by molar-refractivity contribution is 0.166. The SMILES string of the molecule is CC(=NOC(=O)Nc1ccc(Cl)cc1Cl)c1sc(-c2ccccc2)nc1C. The molecule has 0 aliphatic rings. The van der Waals surface area contributed by atoms with Gasteiger partial charge in [0.1, 0.15) is 5.01 Å². The number of aromatic nitrogens is 1. The number of oxime groups is 1. The van der Waals surface area contributed by atoms with Gasteiger partial charge in [0, 0.05) is 10.6 Å². The maximum absolute atomic E-state index is 12.0. The van der Waals surface area contributed by atoms with Crippen LogP contribution in [0.4, 0.5) is 10.5 Å². The van der Waals surface area contributed by atoms with Crippen LogP contribution in [0.15, 0.2) is 53.7 Å². The molecule has 1 amide bonds. The number of thiazole rings is 1. The molecule has 0 aliphatic carbocycles. The number of hydrogen-bond donors (Lipinski definition) is 1. The minimum absolute atomic E-state index is 0.311. The zero-order valence-electron chi connectivity index (χ0n) is 14.5. The first-order valence-electron chi connectivity index (χ1n) is 7.95. The molecule has 5 nitrogen and oxygen atoms in total. The normalized spacial score (nSPS) is 11.3. The molecule has 27 heavy (non-hydrogen) atoms. The topological polar surface area (TPSA) is 63.6 Å². The second-order valence-electron chi connectivity index (χ2n) is 5.60. The molecule has 0 saturated heterocycles. The molecule has 0 bridgehead atoms. The third-order valence-corrected chi connectivity index (χ3v) is 5.44. The number of aryl methyl sites for hydroxylation is 1. The van der Waals surface area contributed by atoms with Crippen molar-refractivity contribution in [2.24, 2.45) is 5.16 Å². The Hall–Kier alpha value is -2.41. The number of benzene rings is 2. The number of carbonyl (C=O) groups is 1. The van der Waals surface area contributed by atoms with Crippen molar-refractivity contribution in [2.75, 3.05) is 5.32 Å². The zero-order chi connectivity index (χ0) is 19.4. The third-order valence-electron chi connectivity index (χ3n) is 3.58. The van der Waals surface area contributed by atoms with Crippen molar-refractivity contribution in [3.63, 3.8) is 0 Å². The molecule has 1 N–H and O–H groups in total. The monoisotopic (exact) mass is 419 g/mol. The molecule has 0 saturated carbocycles. The van der Waals surface area contributed by atoms with E-state index in [9.17, 15) is 4.79 Å². The van der Waals surface area contributed by atoms with Gasteiger partial charge in [-0.15, -0.1) is 11.3 Å². The van der Waals surface area contributed by atoms with Crippen LogP contribution in [0.1, 0.15) is 17.5 Å². The fourth-order valence-electron chi connectivity index (χ4n) is 2.31. The van der Waals surface area contributed by atoms with Gasteiger partial charge in [0.05, 0.1) is 27.0 Å². The van der Waals surface area contributed by atoms with Crippen molar-refractivity contribution in [3.8, 4) is 10.6 Å². The highest BCUT2D eigenvalue weighted by molar-refractivity contribution is 7.17. The predicted octanol–water partition coefficient (Wildman–Crippen LogP) is 6.40. The molecule has 1 heterocycles. The third kappa shape index (κ3) is 4.86. The summed E-state index contributed by atoms with van der Waals surface area (Å²) < 4.78 is 0. The zero-order valence-corrected chi connectivity index (χ0v) is 16.8. The van der Waals surface area contributed by atoms with Gasteiger partial charge in [0.15, 0.2) is 0 Å². The first kappa shape index (κ1) is 19.4. The summed E-state index contributed by atoms with van der Waals surface area (Å²) in [6.07, 6.45) is -0.746. The minimum atomic E-state index is -0.746. The van der Waals surface area contributed by atoms with Crippen molar-refractivity contribution in [1.82, 2.24) is 4.98 Å². The second kappa shape index (κ2) is 8.52. The minimum Gasteiger partial charge on any atom is -0.297 e. The molecule has 0 spiro atoms. The average molecular weight is 420 g/mol. The van der Waals surface area contributed by atoms with E-state index >= 15 is 0 Å². The van der Waals surface area contributed by atoms with Crippen LogP contribution in [0.2, 0.25) is 10.0 Å². The van der Waals surface area contributed by atoms with Crippen molar-refractivity contribution in [2.45, 2.75) is 13.8 Å². The van der Waals surface area contributed by atoms with Gasteiger partial charge in [0.25, 0.3) is 0 Å². The summed E-state index contributed by atoms with van der Waals surface area (Å²) in [7, 11) is 0. The fraction of sp³-hybridized carbons (Fsp3) is 0.105. The van der Waals surface area contributed by atoms with E-state index in [0.29, 0.717) is 21.4 Å². The number of anilines is 1. The number of rotatable bonds is 4. The van der Waals surface area contributed by atoms with Crippen LogP contribution >= 0.6 is 34.5 Å². The van der Waals surface area contributed by atoms with Crippen molar-refractivity contribution >= 4 is 52.0 Å². The van der Waals surface area contributed by atoms with Crippen molar-refractivity contribution < 1.29 is 9.63 Å².